The molecule has 0 N–H and O–H groups in total. The number of ether oxygens (including phenoxy) is 1. The highest BCUT2D eigenvalue weighted by Crippen LogP contribution is 2.36. The van der Waals surface area contributed by atoms with Crippen molar-refractivity contribution in [1.82, 2.24) is 4.90 Å². The number of amides is 2. The summed E-state index contributed by atoms with van der Waals surface area (Å²) in [6.45, 7) is -0.406. The lowest BCUT2D eigenvalue weighted by Crippen LogP contribution is -2.33. The number of imide groups is 1. The summed E-state index contributed by atoms with van der Waals surface area (Å²) in [5.41, 5.74) is -0.235. The molecule has 0 bridgehead atoms. The Morgan fingerprint density at radius 3 is 2.41 bits per heavy atom. The summed E-state index contributed by atoms with van der Waals surface area (Å²) in [5.74, 6) is -1.07. The van der Waals surface area contributed by atoms with Crippen molar-refractivity contribution in [3.05, 3.63) is 107 Å². The summed E-state index contributed by atoms with van der Waals surface area (Å²) in [6, 6.07) is 15.7. The first-order valence-corrected chi connectivity index (χ1v) is 12.0. The van der Waals surface area contributed by atoms with Gasteiger partial charge in [-0.15, -0.1) is 0 Å². The predicted octanol–water partition coefficient (Wildman–Crippen LogP) is 5.98. The van der Waals surface area contributed by atoms with Crippen LogP contribution in [0.4, 0.5) is 16.2 Å². The zero-order valence-electron chi connectivity index (χ0n) is 18.5. The molecule has 0 spiro atoms. The standard InChI is InChI=1S/C24H14BrN3O8S/c25-16-6-4-15(5-7-16)20(29)13-26-23(30)22(37-24(26)31)11-14-2-1-3-18(10-14)36-21-9-8-17(27(32)33)12-19(21)28(34)35/h1-12H,13H2/b22-11+. The molecule has 0 unspecified atom stereocenters. The molecular weight excluding hydrogens is 570 g/mol. The van der Waals surface area contributed by atoms with Crippen LogP contribution in [0.5, 0.6) is 11.5 Å². The Hall–Kier alpha value is -4.36. The second kappa shape index (κ2) is 10.7. The first-order valence-electron chi connectivity index (χ1n) is 10.4. The number of hydrogen-bond donors (Lipinski definition) is 0. The summed E-state index contributed by atoms with van der Waals surface area (Å²) in [5, 5.41) is 21.7. The lowest BCUT2D eigenvalue weighted by Gasteiger charge is -2.11. The Morgan fingerprint density at radius 2 is 1.73 bits per heavy atom. The fourth-order valence-electron chi connectivity index (χ4n) is 3.30. The fourth-order valence-corrected chi connectivity index (χ4v) is 4.40. The van der Waals surface area contributed by atoms with Crippen LogP contribution in [0.2, 0.25) is 0 Å². The molecule has 11 nitrogen and oxygen atoms in total. The smallest absolute Gasteiger partial charge is 0.318 e. The van der Waals surface area contributed by atoms with Crippen molar-refractivity contribution >= 4 is 62.1 Å². The lowest BCUT2D eigenvalue weighted by atomic mass is 10.1. The highest BCUT2D eigenvalue weighted by molar-refractivity contribution is 9.10. The number of ketones is 1. The maximum atomic E-state index is 12.8. The van der Waals surface area contributed by atoms with E-state index in [9.17, 15) is 34.6 Å². The number of carbonyl (C=O) groups excluding carboxylic acids is 3. The van der Waals surface area contributed by atoms with Gasteiger partial charge in [-0.2, -0.15) is 0 Å². The van der Waals surface area contributed by atoms with Crippen molar-refractivity contribution in [2.75, 3.05) is 6.54 Å². The summed E-state index contributed by atoms with van der Waals surface area (Å²) in [4.78, 5) is 59.5. The minimum atomic E-state index is -0.794. The number of nitro groups is 2. The molecule has 0 aromatic heterocycles. The highest BCUT2D eigenvalue weighted by atomic mass is 79.9. The van der Waals surface area contributed by atoms with E-state index in [-0.39, 0.29) is 16.4 Å². The average Bonchev–Trinajstić information content (AvgIpc) is 3.11. The minimum absolute atomic E-state index is 0.0899. The van der Waals surface area contributed by atoms with E-state index in [2.05, 4.69) is 15.9 Å². The van der Waals surface area contributed by atoms with Crippen LogP contribution in [0, 0.1) is 20.2 Å². The number of benzene rings is 3. The molecule has 13 heteroatoms. The van der Waals surface area contributed by atoms with Crippen LogP contribution in [-0.4, -0.2) is 38.2 Å². The van der Waals surface area contributed by atoms with E-state index >= 15 is 0 Å². The van der Waals surface area contributed by atoms with Crippen LogP contribution in [0.1, 0.15) is 15.9 Å². The number of rotatable bonds is 8. The summed E-state index contributed by atoms with van der Waals surface area (Å²) < 4.78 is 6.36. The number of carbonyl (C=O) groups is 3. The molecule has 186 valence electrons. The van der Waals surface area contributed by atoms with Crippen LogP contribution in [0.3, 0.4) is 0 Å². The van der Waals surface area contributed by atoms with Crippen LogP contribution in [-0.2, 0) is 4.79 Å². The lowest BCUT2D eigenvalue weighted by molar-refractivity contribution is -0.394. The van der Waals surface area contributed by atoms with Gasteiger partial charge in [-0.3, -0.25) is 39.5 Å². The first-order chi connectivity index (χ1) is 17.6. The number of Topliss-reactive ketones (excluding diaryl/α,β-unsaturated/α-hetero) is 1. The first kappa shape index (κ1) is 25.7. The topological polar surface area (TPSA) is 150 Å². The van der Waals surface area contributed by atoms with E-state index in [1.807, 2.05) is 0 Å². The van der Waals surface area contributed by atoms with Gasteiger partial charge in [0.15, 0.2) is 5.78 Å². The number of nitro benzene ring substituents is 2. The molecule has 37 heavy (non-hydrogen) atoms. The number of thioether (sulfide) groups is 1. The highest BCUT2D eigenvalue weighted by Gasteiger charge is 2.36. The van der Waals surface area contributed by atoms with Crippen LogP contribution in [0.25, 0.3) is 6.08 Å². The van der Waals surface area contributed by atoms with Crippen molar-refractivity contribution in [2.24, 2.45) is 0 Å². The van der Waals surface area contributed by atoms with E-state index in [1.54, 1.807) is 36.4 Å². The minimum Gasteiger partial charge on any atom is -0.450 e. The predicted molar refractivity (Wildman–Crippen MR) is 137 cm³/mol. The molecule has 0 saturated carbocycles. The Kier molecular flexibility index (Phi) is 7.45. The molecule has 0 atom stereocenters. The van der Waals surface area contributed by atoms with Crippen molar-refractivity contribution in [3.63, 3.8) is 0 Å². The second-order valence-corrected chi connectivity index (χ2v) is 9.45. The molecule has 4 rings (SSSR count). The number of hydrogen-bond acceptors (Lipinski definition) is 9. The van der Waals surface area contributed by atoms with Crippen LogP contribution in [0.15, 0.2) is 76.1 Å². The van der Waals surface area contributed by atoms with Gasteiger partial charge in [-0.25, -0.2) is 0 Å². The Bertz CT molecular complexity index is 1490. The molecule has 1 saturated heterocycles. The normalized spacial score (nSPS) is 14.2. The molecule has 0 radical (unpaired) electrons. The number of halogens is 1. The van der Waals surface area contributed by atoms with Gasteiger partial charge in [0, 0.05) is 16.1 Å². The molecular formula is C24H14BrN3O8S. The van der Waals surface area contributed by atoms with E-state index in [0.29, 0.717) is 22.9 Å². The van der Waals surface area contributed by atoms with Crippen molar-refractivity contribution < 1.29 is 29.0 Å². The van der Waals surface area contributed by atoms with E-state index < -0.39 is 44.7 Å². The summed E-state index contributed by atoms with van der Waals surface area (Å²) >= 11 is 3.96. The van der Waals surface area contributed by atoms with E-state index in [4.69, 9.17) is 4.74 Å². The fraction of sp³-hybridized carbons (Fsp3) is 0.0417. The van der Waals surface area contributed by atoms with Crippen molar-refractivity contribution in [3.8, 4) is 11.5 Å². The third-order valence-corrected chi connectivity index (χ3v) is 6.51. The summed E-state index contributed by atoms with van der Waals surface area (Å²) in [7, 11) is 0. The number of non-ortho nitro benzene ring substituents is 1. The molecule has 0 aliphatic carbocycles. The van der Waals surface area contributed by atoms with Gasteiger partial charge in [0.1, 0.15) is 5.75 Å². The Labute approximate surface area is 221 Å². The van der Waals surface area contributed by atoms with Crippen molar-refractivity contribution in [2.45, 2.75) is 0 Å². The average molecular weight is 584 g/mol. The molecule has 1 aliphatic heterocycles. The zero-order chi connectivity index (χ0) is 26.7. The quantitative estimate of drug-likeness (QED) is 0.135. The number of nitrogens with zero attached hydrogens (tertiary/aromatic N) is 3. The van der Waals surface area contributed by atoms with Gasteiger partial charge < -0.3 is 4.74 Å². The maximum absolute atomic E-state index is 12.8. The molecule has 1 heterocycles. The third-order valence-electron chi connectivity index (χ3n) is 5.08. The SMILES string of the molecule is O=C(CN1C(=O)S/C(=C/c2cccc(Oc3ccc([N+](=O)[O-])cc3[N+](=O)[O-])c2)C1=O)c1ccc(Br)cc1. The molecule has 1 aliphatic rings. The Balaban J connectivity index is 1.52. The van der Waals surface area contributed by atoms with Gasteiger partial charge in [0.2, 0.25) is 5.75 Å². The van der Waals surface area contributed by atoms with Gasteiger partial charge in [0.25, 0.3) is 16.8 Å². The largest absolute Gasteiger partial charge is 0.450 e. The van der Waals surface area contributed by atoms with Gasteiger partial charge in [0.05, 0.1) is 27.4 Å². The van der Waals surface area contributed by atoms with Crippen LogP contribution >= 0.6 is 27.7 Å². The monoisotopic (exact) mass is 583 g/mol. The molecule has 1 fully saturated rings. The molecule has 3 aromatic rings. The molecule has 2 amide bonds. The Morgan fingerprint density at radius 1 is 1.00 bits per heavy atom. The van der Waals surface area contributed by atoms with Crippen molar-refractivity contribution in [1.29, 1.82) is 0 Å². The summed E-state index contributed by atoms with van der Waals surface area (Å²) in [6.07, 6.45) is 1.44. The van der Waals surface area contributed by atoms with E-state index in [0.717, 1.165) is 27.6 Å². The van der Waals surface area contributed by atoms with Gasteiger partial charge >= 0.3 is 5.69 Å². The zero-order valence-corrected chi connectivity index (χ0v) is 20.9. The van der Waals surface area contributed by atoms with Gasteiger partial charge in [-0.05, 0) is 53.7 Å². The third kappa shape index (κ3) is 5.90. The van der Waals surface area contributed by atoms with Crippen LogP contribution < -0.4 is 4.74 Å². The molecule has 3 aromatic carbocycles. The maximum Gasteiger partial charge on any atom is 0.318 e. The second-order valence-electron chi connectivity index (χ2n) is 7.54. The van der Waals surface area contributed by atoms with Gasteiger partial charge in [-0.1, -0.05) is 40.2 Å². The van der Waals surface area contributed by atoms with E-state index in [1.165, 1.54) is 18.2 Å².